The minimum absolute atomic E-state index is 0.191. The number of carbonyl (C=O) groups excluding carboxylic acids is 2. The van der Waals surface area contributed by atoms with Gasteiger partial charge in [0, 0.05) is 23.6 Å². The molecular weight excluding hydrogens is 626 g/mol. The van der Waals surface area contributed by atoms with E-state index in [-0.39, 0.29) is 16.5 Å². The summed E-state index contributed by atoms with van der Waals surface area (Å²) >= 11 is 18.0. The second-order valence-corrected chi connectivity index (χ2v) is 12.1. The van der Waals surface area contributed by atoms with Crippen molar-refractivity contribution in [3.05, 3.63) is 92.4 Å². The largest absolute Gasteiger partial charge is 0.417 e. The smallest absolute Gasteiger partial charge is 0.357 e. The first-order valence-corrected chi connectivity index (χ1v) is 14.5. The first kappa shape index (κ1) is 32.5. The Bertz CT molecular complexity index is 1550. The molecule has 7 nitrogen and oxygen atoms in total. The molecule has 1 N–H and O–H groups in total. The van der Waals surface area contributed by atoms with E-state index in [2.05, 4.69) is 5.32 Å². The van der Waals surface area contributed by atoms with Gasteiger partial charge >= 0.3 is 6.18 Å². The molecule has 0 saturated carbocycles. The van der Waals surface area contributed by atoms with E-state index in [1.54, 1.807) is 6.92 Å². The molecule has 220 valence electrons. The van der Waals surface area contributed by atoms with Gasteiger partial charge in [-0.15, -0.1) is 0 Å². The summed E-state index contributed by atoms with van der Waals surface area (Å²) in [5, 5.41) is 2.30. The fourth-order valence-electron chi connectivity index (χ4n) is 3.88. The Morgan fingerprint density at radius 1 is 0.951 bits per heavy atom. The lowest BCUT2D eigenvalue weighted by Gasteiger charge is -2.32. The first-order valence-electron chi connectivity index (χ1n) is 12.0. The lowest BCUT2D eigenvalue weighted by molar-refractivity contribution is -0.139. The van der Waals surface area contributed by atoms with Crippen molar-refractivity contribution in [1.82, 2.24) is 10.2 Å². The van der Waals surface area contributed by atoms with Gasteiger partial charge in [0.1, 0.15) is 12.6 Å². The number of aryl methyl sites for hydroxylation is 1. The number of halogens is 6. The van der Waals surface area contributed by atoms with Crippen LogP contribution >= 0.6 is 34.8 Å². The van der Waals surface area contributed by atoms with Crippen molar-refractivity contribution in [2.45, 2.75) is 37.5 Å². The Morgan fingerprint density at radius 3 is 2.15 bits per heavy atom. The van der Waals surface area contributed by atoms with Gasteiger partial charge in [0.25, 0.3) is 10.0 Å². The topological polar surface area (TPSA) is 86.8 Å². The predicted octanol–water partition coefficient (Wildman–Crippen LogP) is 6.33. The average molecular weight is 651 g/mol. The summed E-state index contributed by atoms with van der Waals surface area (Å²) < 4.78 is 69.2. The normalized spacial score (nSPS) is 12.5. The second-order valence-electron chi connectivity index (χ2n) is 9.03. The van der Waals surface area contributed by atoms with Crippen LogP contribution in [0.15, 0.2) is 65.6 Å². The quantitative estimate of drug-likeness (QED) is 0.293. The molecule has 0 saturated heterocycles. The van der Waals surface area contributed by atoms with Crippen molar-refractivity contribution >= 4 is 62.3 Å². The van der Waals surface area contributed by atoms with Crippen molar-refractivity contribution in [2.24, 2.45) is 0 Å². The standard InChI is InChI=1S/C27H25Cl3F3N3O4S/c1-16-4-9-21(10-5-16)41(39,40)36(20-8-11-23(29)22(13-20)27(31,32)33)15-25(37)35(17(2)26(38)34-3)14-18-6-7-19(28)12-24(18)30/h4-13,17H,14-15H2,1-3H3,(H,34,38). The Morgan fingerprint density at radius 2 is 1.59 bits per heavy atom. The van der Waals surface area contributed by atoms with Gasteiger partial charge in [-0.05, 0) is 61.9 Å². The van der Waals surface area contributed by atoms with Crippen LogP contribution in [0.5, 0.6) is 0 Å². The number of likely N-dealkylation sites (N-methyl/N-ethyl adjacent to an activating group) is 1. The van der Waals surface area contributed by atoms with E-state index in [1.807, 2.05) is 0 Å². The molecule has 14 heteroatoms. The molecule has 0 radical (unpaired) electrons. The van der Waals surface area contributed by atoms with Gasteiger partial charge in [-0.3, -0.25) is 13.9 Å². The van der Waals surface area contributed by atoms with Crippen molar-refractivity contribution < 1.29 is 31.2 Å². The molecule has 0 heterocycles. The van der Waals surface area contributed by atoms with E-state index in [0.29, 0.717) is 21.0 Å². The van der Waals surface area contributed by atoms with Gasteiger partial charge in [-0.1, -0.05) is 58.6 Å². The number of amides is 2. The van der Waals surface area contributed by atoms with Crippen LogP contribution in [-0.2, 0) is 32.3 Å². The van der Waals surface area contributed by atoms with Crippen molar-refractivity contribution in [1.29, 1.82) is 0 Å². The minimum atomic E-state index is -4.90. The molecule has 0 aliphatic heterocycles. The Kier molecular flexibility index (Phi) is 10.2. The Hall–Kier alpha value is -2.99. The molecule has 2 amide bonds. The predicted molar refractivity (Wildman–Crippen MR) is 153 cm³/mol. The molecule has 3 aromatic rings. The number of nitrogens with one attached hydrogen (secondary N) is 1. The molecule has 0 aromatic heterocycles. The average Bonchev–Trinajstić information content (AvgIpc) is 2.90. The zero-order valence-electron chi connectivity index (χ0n) is 22.0. The molecule has 0 spiro atoms. The number of hydrogen-bond donors (Lipinski definition) is 1. The first-order chi connectivity index (χ1) is 19.1. The van der Waals surface area contributed by atoms with Crippen LogP contribution in [0.4, 0.5) is 18.9 Å². The molecule has 0 aliphatic carbocycles. The number of rotatable bonds is 9. The van der Waals surface area contributed by atoms with Gasteiger partial charge in [-0.2, -0.15) is 13.2 Å². The summed E-state index contributed by atoms with van der Waals surface area (Å²) in [6, 6.07) is 11.5. The molecule has 0 aliphatic rings. The number of sulfonamides is 1. The molecule has 0 bridgehead atoms. The van der Waals surface area contributed by atoms with Gasteiger partial charge < -0.3 is 10.2 Å². The van der Waals surface area contributed by atoms with E-state index >= 15 is 0 Å². The van der Waals surface area contributed by atoms with E-state index in [9.17, 15) is 31.2 Å². The maximum atomic E-state index is 13.8. The van der Waals surface area contributed by atoms with Crippen LogP contribution in [0.2, 0.25) is 15.1 Å². The van der Waals surface area contributed by atoms with E-state index < -0.39 is 56.9 Å². The summed E-state index contributed by atoms with van der Waals surface area (Å²) in [6.45, 7) is 1.98. The zero-order chi connectivity index (χ0) is 30.7. The van der Waals surface area contributed by atoms with Crippen LogP contribution in [0, 0.1) is 6.92 Å². The molecular formula is C27H25Cl3F3N3O4S. The summed E-state index contributed by atoms with van der Waals surface area (Å²) in [4.78, 5) is 27.1. The van der Waals surface area contributed by atoms with E-state index in [4.69, 9.17) is 34.8 Å². The van der Waals surface area contributed by atoms with E-state index in [0.717, 1.165) is 22.6 Å². The minimum Gasteiger partial charge on any atom is -0.357 e. The molecule has 0 fully saturated rings. The van der Waals surface area contributed by atoms with Gasteiger partial charge in [0.15, 0.2) is 0 Å². The number of carbonyl (C=O) groups is 2. The second kappa shape index (κ2) is 12.9. The maximum Gasteiger partial charge on any atom is 0.417 e. The molecule has 41 heavy (non-hydrogen) atoms. The van der Waals surface area contributed by atoms with Gasteiger partial charge in [0.2, 0.25) is 11.8 Å². The molecule has 1 unspecified atom stereocenters. The number of nitrogens with zero attached hydrogens (tertiary/aromatic N) is 2. The fourth-order valence-corrected chi connectivity index (χ4v) is 5.98. The highest BCUT2D eigenvalue weighted by molar-refractivity contribution is 7.92. The molecule has 3 aromatic carbocycles. The monoisotopic (exact) mass is 649 g/mol. The number of anilines is 1. The van der Waals surface area contributed by atoms with Crippen LogP contribution in [0.3, 0.4) is 0 Å². The summed E-state index contributed by atoms with van der Waals surface area (Å²) in [6.07, 6.45) is -4.90. The summed E-state index contributed by atoms with van der Waals surface area (Å²) in [5.41, 5.74) is -0.591. The molecule has 3 rings (SSSR count). The van der Waals surface area contributed by atoms with Crippen LogP contribution in [0.1, 0.15) is 23.6 Å². The highest BCUT2D eigenvalue weighted by Gasteiger charge is 2.37. The van der Waals surface area contributed by atoms with Crippen LogP contribution in [0.25, 0.3) is 0 Å². The fraction of sp³-hybridized carbons (Fsp3) is 0.259. The zero-order valence-corrected chi connectivity index (χ0v) is 25.1. The van der Waals surface area contributed by atoms with Crippen molar-refractivity contribution in [3.63, 3.8) is 0 Å². The SMILES string of the molecule is CNC(=O)C(C)N(Cc1ccc(Cl)cc1Cl)C(=O)CN(c1ccc(Cl)c(C(F)(F)F)c1)S(=O)(=O)c1ccc(C)cc1. The lowest BCUT2D eigenvalue weighted by Crippen LogP contribution is -2.50. The van der Waals surface area contributed by atoms with Gasteiger partial charge in [0.05, 0.1) is 21.2 Å². The number of alkyl halides is 3. The maximum absolute atomic E-state index is 13.8. The van der Waals surface area contributed by atoms with E-state index in [1.165, 1.54) is 56.4 Å². The Balaban J connectivity index is 2.14. The van der Waals surface area contributed by atoms with Crippen LogP contribution in [-0.4, -0.2) is 44.8 Å². The molecule has 1 atom stereocenters. The summed E-state index contributed by atoms with van der Waals surface area (Å²) in [5.74, 6) is -1.45. The number of benzene rings is 3. The highest BCUT2D eigenvalue weighted by atomic mass is 35.5. The van der Waals surface area contributed by atoms with Gasteiger partial charge in [-0.25, -0.2) is 8.42 Å². The summed E-state index contributed by atoms with van der Waals surface area (Å²) in [7, 11) is -3.22. The highest BCUT2D eigenvalue weighted by Crippen LogP contribution is 2.38. The third-order valence-corrected chi connectivity index (χ3v) is 8.91. The van der Waals surface area contributed by atoms with Crippen molar-refractivity contribution in [3.8, 4) is 0 Å². The lowest BCUT2D eigenvalue weighted by atomic mass is 10.1. The third kappa shape index (κ3) is 7.65. The van der Waals surface area contributed by atoms with Crippen molar-refractivity contribution in [2.75, 3.05) is 17.9 Å². The van der Waals surface area contributed by atoms with Crippen LogP contribution < -0.4 is 9.62 Å². The number of hydrogen-bond acceptors (Lipinski definition) is 4. The Labute approximate surface area is 250 Å². The third-order valence-electron chi connectivity index (χ3n) is 6.20.